The third-order valence-electron chi connectivity index (χ3n) is 5.38. The van der Waals surface area contributed by atoms with Gasteiger partial charge in [0, 0.05) is 6.54 Å². The van der Waals surface area contributed by atoms with E-state index in [9.17, 15) is 13.2 Å². The van der Waals surface area contributed by atoms with E-state index < -0.39 is 10.0 Å². The third kappa shape index (κ3) is 5.14. The van der Waals surface area contributed by atoms with Gasteiger partial charge >= 0.3 is 0 Å². The fourth-order valence-electron chi connectivity index (χ4n) is 3.47. The summed E-state index contributed by atoms with van der Waals surface area (Å²) in [5, 5.41) is 2.97. The van der Waals surface area contributed by atoms with E-state index in [0.29, 0.717) is 38.5 Å². The van der Waals surface area contributed by atoms with E-state index >= 15 is 0 Å². The number of methoxy groups -OCH3 is 1. The maximum Gasteiger partial charge on any atom is 0.278 e. The zero-order valence-electron chi connectivity index (χ0n) is 16.8. The van der Waals surface area contributed by atoms with Crippen LogP contribution >= 0.6 is 0 Å². The van der Waals surface area contributed by atoms with Crippen molar-refractivity contribution in [1.82, 2.24) is 9.62 Å². The number of quaternary nitrogens is 1. The van der Waals surface area contributed by atoms with Gasteiger partial charge in [-0.1, -0.05) is 30.3 Å². The summed E-state index contributed by atoms with van der Waals surface area (Å²) in [5.74, 6) is 0.601. The van der Waals surface area contributed by atoms with Gasteiger partial charge in [-0.15, -0.1) is 0 Å². The summed E-state index contributed by atoms with van der Waals surface area (Å²) < 4.78 is 32.3. The van der Waals surface area contributed by atoms with Gasteiger partial charge in [0.25, 0.3) is 5.91 Å². The Labute approximate surface area is 172 Å². The highest BCUT2D eigenvalue weighted by atomic mass is 32.2. The molecule has 0 spiro atoms. The Bertz CT molecular complexity index is 909. The summed E-state index contributed by atoms with van der Waals surface area (Å²) >= 11 is 0. The van der Waals surface area contributed by atoms with Crippen LogP contribution in [0.4, 0.5) is 0 Å². The highest BCUT2D eigenvalue weighted by molar-refractivity contribution is 7.89. The number of nitrogens with one attached hydrogen (secondary N) is 2. The van der Waals surface area contributed by atoms with Crippen molar-refractivity contribution in [1.29, 1.82) is 0 Å². The summed E-state index contributed by atoms with van der Waals surface area (Å²) in [6.45, 7) is 4.35. The normalized spacial score (nSPS) is 16.9. The SMILES string of the molecule is COc1ccc(S(=O)(=O)N2CC[NH+]([C@H](C)C(=O)NCc3ccccc3)CC2)cc1. The molecule has 2 N–H and O–H groups in total. The number of amides is 1. The molecule has 1 atom stereocenters. The topological polar surface area (TPSA) is 80.2 Å². The molecule has 0 aromatic heterocycles. The van der Waals surface area contributed by atoms with Crippen molar-refractivity contribution >= 4 is 15.9 Å². The number of hydrogen-bond acceptors (Lipinski definition) is 4. The van der Waals surface area contributed by atoms with Crippen LogP contribution in [-0.4, -0.2) is 58.0 Å². The van der Waals surface area contributed by atoms with Gasteiger partial charge in [0.1, 0.15) is 5.75 Å². The molecule has 1 aliphatic rings. The Kier molecular flexibility index (Phi) is 6.89. The largest absolute Gasteiger partial charge is 0.497 e. The number of carbonyl (C=O) groups is 1. The van der Waals surface area contributed by atoms with Crippen molar-refractivity contribution in [3.8, 4) is 5.75 Å². The third-order valence-corrected chi connectivity index (χ3v) is 7.29. The van der Waals surface area contributed by atoms with Gasteiger partial charge < -0.3 is 15.0 Å². The predicted molar refractivity (Wildman–Crippen MR) is 110 cm³/mol. The van der Waals surface area contributed by atoms with Crippen LogP contribution in [-0.2, 0) is 21.4 Å². The number of nitrogens with zero attached hydrogens (tertiary/aromatic N) is 1. The fourth-order valence-corrected chi connectivity index (χ4v) is 4.91. The Hall–Kier alpha value is -2.42. The molecule has 2 aromatic rings. The molecule has 1 heterocycles. The van der Waals surface area contributed by atoms with Crippen LogP contribution in [0.2, 0.25) is 0 Å². The van der Waals surface area contributed by atoms with E-state index in [-0.39, 0.29) is 16.8 Å². The lowest BCUT2D eigenvalue weighted by Gasteiger charge is -2.34. The molecule has 0 bridgehead atoms. The molecule has 1 aliphatic heterocycles. The van der Waals surface area contributed by atoms with Crippen LogP contribution in [0, 0.1) is 0 Å². The minimum Gasteiger partial charge on any atom is -0.497 e. The molecular formula is C21H28N3O4S+. The van der Waals surface area contributed by atoms with Crippen molar-refractivity contribution in [2.45, 2.75) is 24.4 Å². The average molecular weight is 419 g/mol. The Balaban J connectivity index is 1.54. The van der Waals surface area contributed by atoms with E-state index in [1.54, 1.807) is 31.4 Å². The number of ether oxygens (including phenoxy) is 1. The maximum atomic E-state index is 12.9. The molecule has 7 nitrogen and oxygen atoms in total. The lowest BCUT2D eigenvalue weighted by molar-refractivity contribution is -0.917. The molecule has 1 fully saturated rings. The molecule has 0 saturated carbocycles. The molecule has 29 heavy (non-hydrogen) atoms. The van der Waals surface area contributed by atoms with Gasteiger partial charge in [-0.05, 0) is 36.8 Å². The second-order valence-electron chi connectivity index (χ2n) is 7.16. The van der Waals surface area contributed by atoms with E-state index in [4.69, 9.17) is 4.74 Å². The van der Waals surface area contributed by atoms with Gasteiger partial charge in [0.05, 0.1) is 38.2 Å². The summed E-state index contributed by atoms with van der Waals surface area (Å²) in [5.41, 5.74) is 1.05. The monoisotopic (exact) mass is 418 g/mol. The van der Waals surface area contributed by atoms with E-state index in [1.165, 1.54) is 4.31 Å². The van der Waals surface area contributed by atoms with E-state index in [2.05, 4.69) is 5.32 Å². The highest BCUT2D eigenvalue weighted by Crippen LogP contribution is 2.19. The number of piperazine rings is 1. The van der Waals surface area contributed by atoms with Gasteiger partial charge in [-0.3, -0.25) is 4.79 Å². The van der Waals surface area contributed by atoms with Crippen molar-refractivity contribution in [2.75, 3.05) is 33.3 Å². The summed E-state index contributed by atoms with van der Waals surface area (Å²) in [4.78, 5) is 13.9. The summed E-state index contributed by atoms with van der Waals surface area (Å²) in [6, 6.07) is 16.0. The number of rotatable bonds is 7. The lowest BCUT2D eigenvalue weighted by Crippen LogP contribution is -3.19. The molecule has 2 aromatic carbocycles. The van der Waals surface area contributed by atoms with Crippen LogP contribution in [0.3, 0.4) is 0 Å². The van der Waals surface area contributed by atoms with Gasteiger partial charge in [-0.25, -0.2) is 8.42 Å². The summed E-state index contributed by atoms with van der Waals surface area (Å²) in [7, 11) is -1.99. The minimum absolute atomic E-state index is 0.0182. The zero-order valence-corrected chi connectivity index (χ0v) is 17.6. The van der Waals surface area contributed by atoms with Gasteiger partial charge in [0.2, 0.25) is 10.0 Å². The van der Waals surface area contributed by atoms with Crippen molar-refractivity contribution in [2.24, 2.45) is 0 Å². The molecule has 8 heteroatoms. The molecule has 3 rings (SSSR count). The van der Waals surface area contributed by atoms with Crippen LogP contribution in [0.5, 0.6) is 5.75 Å². The maximum absolute atomic E-state index is 12.9. The number of carbonyl (C=O) groups excluding carboxylic acids is 1. The van der Waals surface area contributed by atoms with E-state index in [1.807, 2.05) is 37.3 Å². The van der Waals surface area contributed by atoms with Gasteiger partial charge in [0.15, 0.2) is 6.04 Å². The zero-order chi connectivity index (χ0) is 20.9. The Morgan fingerprint density at radius 2 is 1.72 bits per heavy atom. The van der Waals surface area contributed by atoms with Crippen molar-refractivity contribution < 1.29 is 22.8 Å². The molecule has 156 valence electrons. The smallest absolute Gasteiger partial charge is 0.278 e. The van der Waals surface area contributed by atoms with Crippen molar-refractivity contribution in [3.05, 3.63) is 60.2 Å². The molecule has 0 radical (unpaired) electrons. The van der Waals surface area contributed by atoms with Crippen molar-refractivity contribution in [3.63, 3.8) is 0 Å². The molecular weight excluding hydrogens is 390 g/mol. The van der Waals surface area contributed by atoms with Gasteiger partial charge in [-0.2, -0.15) is 4.31 Å². The quantitative estimate of drug-likeness (QED) is 0.677. The second-order valence-corrected chi connectivity index (χ2v) is 9.10. The summed E-state index contributed by atoms with van der Waals surface area (Å²) in [6.07, 6.45) is 0. The van der Waals surface area contributed by atoms with Crippen LogP contribution in [0.15, 0.2) is 59.5 Å². The number of hydrogen-bond donors (Lipinski definition) is 2. The first kappa shape index (κ1) is 21.3. The second kappa shape index (κ2) is 9.39. The minimum atomic E-state index is -3.54. The fraction of sp³-hybridized carbons (Fsp3) is 0.381. The molecule has 0 aliphatic carbocycles. The van der Waals surface area contributed by atoms with Crippen LogP contribution in [0.1, 0.15) is 12.5 Å². The number of benzene rings is 2. The average Bonchev–Trinajstić information content (AvgIpc) is 2.77. The standard InChI is InChI=1S/C21H27N3O4S/c1-17(21(25)22-16-18-6-4-3-5-7-18)23-12-14-24(15-13-23)29(26,27)20-10-8-19(28-2)9-11-20/h3-11,17H,12-16H2,1-2H3,(H,22,25)/p+1/t17-/m1/s1. The predicted octanol–water partition coefficient (Wildman–Crippen LogP) is 0.289. The highest BCUT2D eigenvalue weighted by Gasteiger charge is 2.34. The van der Waals surface area contributed by atoms with Crippen LogP contribution < -0.4 is 15.0 Å². The first-order valence-corrected chi connectivity index (χ1v) is 11.2. The molecule has 1 saturated heterocycles. The first-order valence-electron chi connectivity index (χ1n) is 9.72. The number of sulfonamides is 1. The Morgan fingerprint density at radius 3 is 2.31 bits per heavy atom. The first-order chi connectivity index (χ1) is 13.9. The molecule has 1 amide bonds. The molecule has 0 unspecified atom stereocenters. The van der Waals surface area contributed by atoms with Crippen LogP contribution in [0.25, 0.3) is 0 Å². The van der Waals surface area contributed by atoms with E-state index in [0.717, 1.165) is 10.5 Å². The lowest BCUT2D eigenvalue weighted by atomic mass is 10.2. The Morgan fingerprint density at radius 1 is 1.10 bits per heavy atom.